The quantitative estimate of drug-likeness (QED) is 0.518. The van der Waals surface area contributed by atoms with E-state index in [4.69, 9.17) is 15.2 Å². The standard InChI is InChI=1S/C23H32N2O3Si/c1-6-15-25-22(26)20-9-7-8-10-21(20)23(25,24)18-11-13-19(14-12-18)28-16-27-17(2)29(3,4)5/h7-14,17H,6,15-16,24H2,1-5H3. The summed E-state index contributed by atoms with van der Waals surface area (Å²) in [7, 11) is -1.35. The van der Waals surface area contributed by atoms with Crippen LogP contribution in [0.3, 0.4) is 0 Å². The van der Waals surface area contributed by atoms with E-state index in [-0.39, 0.29) is 18.4 Å². The van der Waals surface area contributed by atoms with Gasteiger partial charge in [0.15, 0.2) is 6.79 Å². The van der Waals surface area contributed by atoms with E-state index in [1.54, 1.807) is 4.90 Å². The van der Waals surface area contributed by atoms with Crippen molar-refractivity contribution in [3.8, 4) is 5.75 Å². The van der Waals surface area contributed by atoms with Crippen LogP contribution in [-0.2, 0) is 10.4 Å². The Balaban J connectivity index is 1.80. The largest absolute Gasteiger partial charge is 0.468 e. The highest BCUT2D eigenvalue weighted by atomic mass is 28.3. The van der Waals surface area contributed by atoms with E-state index in [1.165, 1.54) is 0 Å². The van der Waals surface area contributed by atoms with E-state index in [0.29, 0.717) is 12.1 Å². The maximum atomic E-state index is 12.9. The van der Waals surface area contributed by atoms with Crippen molar-refractivity contribution in [2.45, 2.75) is 51.3 Å². The van der Waals surface area contributed by atoms with Crippen molar-refractivity contribution in [2.75, 3.05) is 13.3 Å². The Morgan fingerprint density at radius 1 is 1.10 bits per heavy atom. The molecule has 2 unspecified atom stereocenters. The topological polar surface area (TPSA) is 64.8 Å². The molecule has 5 nitrogen and oxygen atoms in total. The molecular formula is C23H32N2O3Si. The van der Waals surface area contributed by atoms with Gasteiger partial charge >= 0.3 is 0 Å². The van der Waals surface area contributed by atoms with Gasteiger partial charge in [0.2, 0.25) is 0 Å². The van der Waals surface area contributed by atoms with Gasteiger partial charge in [0.25, 0.3) is 5.91 Å². The first-order valence-corrected chi connectivity index (χ1v) is 13.8. The number of benzene rings is 2. The predicted molar refractivity (Wildman–Crippen MR) is 119 cm³/mol. The molecule has 1 aliphatic heterocycles. The van der Waals surface area contributed by atoms with Gasteiger partial charge in [-0.15, -0.1) is 0 Å². The van der Waals surface area contributed by atoms with Gasteiger partial charge in [-0.25, -0.2) is 0 Å². The lowest BCUT2D eigenvalue weighted by atomic mass is 9.91. The SMILES string of the molecule is CCCN1C(=O)c2ccccc2C1(N)c1ccc(OCOC(C)[Si](C)(C)C)cc1. The molecule has 0 spiro atoms. The van der Waals surface area contributed by atoms with Crippen molar-refractivity contribution in [3.05, 3.63) is 65.2 Å². The lowest BCUT2D eigenvalue weighted by molar-refractivity contribution is 0.000271. The third kappa shape index (κ3) is 4.10. The molecule has 0 aromatic heterocycles. The van der Waals surface area contributed by atoms with Crippen molar-refractivity contribution in [2.24, 2.45) is 5.73 Å². The molecule has 1 amide bonds. The van der Waals surface area contributed by atoms with Crippen molar-refractivity contribution < 1.29 is 14.3 Å². The molecule has 0 saturated heterocycles. The molecule has 3 rings (SSSR count). The smallest absolute Gasteiger partial charge is 0.256 e. The summed E-state index contributed by atoms with van der Waals surface area (Å²) in [6.45, 7) is 11.8. The van der Waals surface area contributed by atoms with E-state index in [0.717, 1.165) is 23.3 Å². The molecule has 2 aromatic rings. The van der Waals surface area contributed by atoms with Gasteiger partial charge in [0.05, 0.1) is 8.07 Å². The van der Waals surface area contributed by atoms with Gasteiger partial charge in [-0.3, -0.25) is 4.79 Å². The van der Waals surface area contributed by atoms with Gasteiger partial charge in [-0.05, 0) is 37.1 Å². The minimum absolute atomic E-state index is 0.0148. The average molecular weight is 413 g/mol. The number of nitrogens with zero attached hydrogens (tertiary/aromatic N) is 1. The summed E-state index contributed by atoms with van der Waals surface area (Å²) in [4.78, 5) is 14.7. The third-order valence-electron chi connectivity index (χ3n) is 5.74. The first kappa shape index (κ1) is 21.6. The molecule has 2 aromatic carbocycles. The van der Waals surface area contributed by atoms with Crippen LogP contribution in [0.25, 0.3) is 0 Å². The normalized spacial score (nSPS) is 19.9. The van der Waals surface area contributed by atoms with Crippen LogP contribution >= 0.6 is 0 Å². The minimum atomic E-state index is -1.35. The van der Waals surface area contributed by atoms with Crippen LogP contribution in [0.1, 0.15) is 41.8 Å². The van der Waals surface area contributed by atoms with Crippen molar-refractivity contribution >= 4 is 14.0 Å². The summed E-state index contributed by atoms with van der Waals surface area (Å²) >= 11 is 0. The van der Waals surface area contributed by atoms with E-state index < -0.39 is 13.7 Å². The Bertz CT molecular complexity index is 863. The number of hydrogen-bond acceptors (Lipinski definition) is 4. The second-order valence-electron chi connectivity index (χ2n) is 8.73. The highest BCUT2D eigenvalue weighted by molar-refractivity contribution is 6.77. The fraction of sp³-hybridized carbons (Fsp3) is 0.435. The minimum Gasteiger partial charge on any atom is -0.468 e. The Hall–Kier alpha value is -2.15. The van der Waals surface area contributed by atoms with Gasteiger partial charge in [-0.1, -0.05) is 56.9 Å². The molecule has 0 aliphatic carbocycles. The molecule has 0 fully saturated rings. The maximum absolute atomic E-state index is 12.9. The number of rotatable bonds is 8. The first-order valence-electron chi connectivity index (χ1n) is 10.2. The van der Waals surface area contributed by atoms with Gasteiger partial charge < -0.3 is 20.1 Å². The highest BCUT2D eigenvalue weighted by Crippen LogP contribution is 2.40. The Morgan fingerprint density at radius 2 is 1.76 bits per heavy atom. The van der Waals surface area contributed by atoms with Crippen LogP contribution in [-0.4, -0.2) is 37.9 Å². The number of nitrogens with two attached hydrogens (primary N) is 1. The number of amides is 1. The molecule has 1 aliphatic rings. The lowest BCUT2D eigenvalue weighted by Crippen LogP contribution is -2.52. The lowest BCUT2D eigenvalue weighted by Gasteiger charge is -2.36. The van der Waals surface area contributed by atoms with Crippen LogP contribution in [0.4, 0.5) is 0 Å². The number of carbonyl (C=O) groups is 1. The predicted octanol–water partition coefficient (Wildman–Crippen LogP) is 4.33. The summed E-state index contributed by atoms with van der Waals surface area (Å²) in [5.41, 5.74) is 8.54. The monoisotopic (exact) mass is 412 g/mol. The van der Waals surface area contributed by atoms with E-state index >= 15 is 0 Å². The molecule has 2 atom stereocenters. The maximum Gasteiger partial charge on any atom is 0.256 e. The second kappa shape index (κ2) is 8.30. The zero-order valence-corrected chi connectivity index (χ0v) is 19.1. The molecule has 156 valence electrons. The van der Waals surface area contributed by atoms with Crippen LogP contribution in [0.5, 0.6) is 5.75 Å². The summed E-state index contributed by atoms with van der Waals surface area (Å²) in [6, 6.07) is 15.3. The average Bonchev–Trinajstić information content (AvgIpc) is 2.91. The fourth-order valence-electron chi connectivity index (χ4n) is 3.53. The number of carbonyl (C=O) groups excluding carboxylic acids is 1. The van der Waals surface area contributed by atoms with Gasteiger partial charge in [0.1, 0.15) is 11.4 Å². The van der Waals surface area contributed by atoms with Crippen LogP contribution in [0.15, 0.2) is 48.5 Å². The van der Waals surface area contributed by atoms with Crippen LogP contribution in [0, 0.1) is 0 Å². The summed E-state index contributed by atoms with van der Waals surface area (Å²) < 4.78 is 11.6. The van der Waals surface area contributed by atoms with Crippen molar-refractivity contribution in [1.29, 1.82) is 0 Å². The number of hydrogen-bond donors (Lipinski definition) is 1. The molecule has 0 bridgehead atoms. The fourth-order valence-corrected chi connectivity index (χ4v) is 4.09. The van der Waals surface area contributed by atoms with Gasteiger partial charge in [-0.2, -0.15) is 0 Å². The zero-order chi connectivity index (χ0) is 21.2. The molecule has 2 N–H and O–H groups in total. The molecule has 0 saturated carbocycles. The summed E-state index contributed by atoms with van der Waals surface area (Å²) in [5, 5.41) is 0. The summed E-state index contributed by atoms with van der Waals surface area (Å²) in [5.74, 6) is 0.707. The molecule has 1 heterocycles. The number of ether oxygens (including phenoxy) is 2. The molecule has 6 heteroatoms. The van der Waals surface area contributed by atoms with E-state index in [2.05, 4.69) is 33.5 Å². The zero-order valence-electron chi connectivity index (χ0n) is 18.1. The third-order valence-corrected chi connectivity index (χ3v) is 8.35. The van der Waals surface area contributed by atoms with Gasteiger partial charge in [0, 0.05) is 23.4 Å². The van der Waals surface area contributed by atoms with Crippen molar-refractivity contribution in [1.82, 2.24) is 4.90 Å². The Labute approximate surface area is 174 Å². The van der Waals surface area contributed by atoms with E-state index in [1.807, 2.05) is 48.5 Å². The highest BCUT2D eigenvalue weighted by Gasteiger charge is 2.47. The van der Waals surface area contributed by atoms with Crippen molar-refractivity contribution in [3.63, 3.8) is 0 Å². The Kier molecular flexibility index (Phi) is 6.17. The second-order valence-corrected chi connectivity index (χ2v) is 14.3. The van der Waals surface area contributed by atoms with Crippen LogP contribution in [0.2, 0.25) is 19.6 Å². The Morgan fingerprint density at radius 3 is 2.38 bits per heavy atom. The molecule has 0 radical (unpaired) electrons. The van der Waals surface area contributed by atoms with Crippen LogP contribution < -0.4 is 10.5 Å². The number of fused-ring (bicyclic) bond motifs is 1. The molecular weight excluding hydrogens is 380 g/mol. The molecule has 29 heavy (non-hydrogen) atoms. The first-order chi connectivity index (χ1) is 13.7. The summed E-state index contributed by atoms with van der Waals surface area (Å²) in [6.07, 6.45) is 0.840. The van der Waals surface area contributed by atoms with E-state index in [9.17, 15) is 4.79 Å².